The predicted molar refractivity (Wildman–Crippen MR) is 107 cm³/mol. The number of rotatable bonds is 5. The summed E-state index contributed by atoms with van der Waals surface area (Å²) in [6, 6.07) is 12.1. The van der Waals surface area contributed by atoms with E-state index in [0.717, 1.165) is 24.2 Å². The summed E-state index contributed by atoms with van der Waals surface area (Å²) in [5, 5.41) is 3.08. The molecule has 3 aromatic rings. The van der Waals surface area contributed by atoms with Crippen LogP contribution in [0, 0.1) is 6.92 Å². The molecule has 1 aliphatic rings. The minimum Gasteiger partial charge on any atom is -0.479 e. The van der Waals surface area contributed by atoms with E-state index in [1.807, 2.05) is 42.0 Å². The van der Waals surface area contributed by atoms with E-state index in [1.54, 1.807) is 19.5 Å². The van der Waals surface area contributed by atoms with Crippen LogP contribution in [0.1, 0.15) is 35.0 Å². The molecule has 1 aliphatic carbocycles. The first-order chi connectivity index (χ1) is 13.6. The molecule has 1 amide bonds. The summed E-state index contributed by atoms with van der Waals surface area (Å²) in [6.45, 7) is 1.93. The molecule has 2 heterocycles. The number of hydrogen-bond donors (Lipinski definition) is 1. The Kier molecular flexibility index (Phi) is 4.93. The Morgan fingerprint density at radius 2 is 2.14 bits per heavy atom. The first-order valence-corrected chi connectivity index (χ1v) is 9.26. The molecule has 1 aromatic carbocycles. The molecule has 0 saturated heterocycles. The molecule has 0 radical (unpaired) electrons. The number of nitrogens with zero attached hydrogens (tertiary/aromatic N) is 3. The largest absolute Gasteiger partial charge is 0.479 e. The molecule has 0 aliphatic heterocycles. The zero-order valence-electron chi connectivity index (χ0n) is 15.9. The molecule has 6 nitrogen and oxygen atoms in total. The van der Waals surface area contributed by atoms with Crippen molar-refractivity contribution in [2.24, 2.45) is 0 Å². The SMILES string of the molecule is COc1nc(C=CC(=O)NC2CCc3ccccc32)ccc1-n1cnc(C)c1. The van der Waals surface area contributed by atoms with Gasteiger partial charge in [-0.25, -0.2) is 9.97 Å². The number of pyridine rings is 1. The number of carbonyl (C=O) groups is 1. The lowest BCUT2D eigenvalue weighted by atomic mass is 10.1. The van der Waals surface area contributed by atoms with Gasteiger partial charge in [-0.1, -0.05) is 24.3 Å². The molecule has 0 saturated carbocycles. The van der Waals surface area contributed by atoms with Crippen molar-refractivity contribution < 1.29 is 9.53 Å². The van der Waals surface area contributed by atoms with Gasteiger partial charge in [-0.3, -0.25) is 4.79 Å². The number of methoxy groups -OCH3 is 1. The van der Waals surface area contributed by atoms with Crippen molar-refractivity contribution >= 4 is 12.0 Å². The first kappa shape index (κ1) is 18.0. The molecule has 2 aromatic heterocycles. The van der Waals surface area contributed by atoms with Crippen molar-refractivity contribution in [2.45, 2.75) is 25.8 Å². The predicted octanol–water partition coefficient (Wildman–Crippen LogP) is 3.40. The molecular weight excluding hydrogens is 352 g/mol. The molecule has 142 valence electrons. The highest BCUT2D eigenvalue weighted by Crippen LogP contribution is 2.30. The summed E-state index contributed by atoms with van der Waals surface area (Å²) in [6.07, 6.45) is 8.77. The lowest BCUT2D eigenvalue weighted by molar-refractivity contribution is -0.117. The number of imidazole rings is 1. The summed E-state index contributed by atoms with van der Waals surface area (Å²) in [7, 11) is 1.58. The number of aryl methyl sites for hydroxylation is 2. The fraction of sp³-hybridized carbons (Fsp3) is 0.227. The number of fused-ring (bicyclic) bond motifs is 1. The van der Waals surface area contributed by atoms with Crippen LogP contribution in [0.3, 0.4) is 0 Å². The molecular formula is C22H22N4O2. The fourth-order valence-corrected chi connectivity index (χ4v) is 3.53. The molecule has 6 heteroatoms. The summed E-state index contributed by atoms with van der Waals surface area (Å²) in [5.74, 6) is 0.349. The van der Waals surface area contributed by atoms with E-state index in [1.165, 1.54) is 17.2 Å². The fourth-order valence-electron chi connectivity index (χ4n) is 3.53. The van der Waals surface area contributed by atoms with Crippen LogP contribution < -0.4 is 10.1 Å². The minimum absolute atomic E-state index is 0.0719. The summed E-state index contributed by atoms with van der Waals surface area (Å²) < 4.78 is 7.27. The molecule has 1 atom stereocenters. The van der Waals surface area contributed by atoms with E-state index in [2.05, 4.69) is 27.4 Å². The maximum absolute atomic E-state index is 12.4. The summed E-state index contributed by atoms with van der Waals surface area (Å²) in [5.41, 5.74) is 4.89. The van der Waals surface area contributed by atoms with Gasteiger partial charge in [0.2, 0.25) is 11.8 Å². The van der Waals surface area contributed by atoms with Crippen LogP contribution in [0.5, 0.6) is 5.88 Å². The van der Waals surface area contributed by atoms with Crippen LogP contribution in [-0.4, -0.2) is 27.6 Å². The van der Waals surface area contributed by atoms with Gasteiger partial charge >= 0.3 is 0 Å². The van der Waals surface area contributed by atoms with Gasteiger partial charge in [0.15, 0.2) is 0 Å². The summed E-state index contributed by atoms with van der Waals surface area (Å²) >= 11 is 0. The lowest BCUT2D eigenvalue weighted by Crippen LogP contribution is -2.25. The van der Waals surface area contributed by atoms with Gasteiger partial charge in [-0.2, -0.15) is 0 Å². The van der Waals surface area contributed by atoms with Crippen LogP contribution in [0.4, 0.5) is 0 Å². The highest BCUT2D eigenvalue weighted by atomic mass is 16.5. The molecule has 28 heavy (non-hydrogen) atoms. The second-order valence-electron chi connectivity index (χ2n) is 6.82. The van der Waals surface area contributed by atoms with E-state index in [4.69, 9.17) is 4.74 Å². The molecule has 4 rings (SSSR count). The lowest BCUT2D eigenvalue weighted by Gasteiger charge is -2.12. The van der Waals surface area contributed by atoms with E-state index < -0.39 is 0 Å². The number of benzene rings is 1. The first-order valence-electron chi connectivity index (χ1n) is 9.26. The Bertz CT molecular complexity index is 1040. The normalized spacial score (nSPS) is 15.6. The highest BCUT2D eigenvalue weighted by Gasteiger charge is 2.22. The number of aromatic nitrogens is 3. The Morgan fingerprint density at radius 3 is 2.93 bits per heavy atom. The van der Waals surface area contributed by atoms with Crippen molar-refractivity contribution in [1.29, 1.82) is 0 Å². The van der Waals surface area contributed by atoms with Crippen molar-refractivity contribution in [3.05, 3.63) is 77.5 Å². The van der Waals surface area contributed by atoms with Crippen molar-refractivity contribution in [3.63, 3.8) is 0 Å². The van der Waals surface area contributed by atoms with Crippen molar-refractivity contribution in [1.82, 2.24) is 19.9 Å². The minimum atomic E-state index is -0.128. The smallest absolute Gasteiger partial charge is 0.244 e. The average Bonchev–Trinajstić information content (AvgIpc) is 3.33. The highest BCUT2D eigenvalue weighted by molar-refractivity contribution is 5.91. The van der Waals surface area contributed by atoms with Gasteiger partial charge in [0.1, 0.15) is 5.69 Å². The summed E-state index contributed by atoms with van der Waals surface area (Å²) in [4.78, 5) is 21.1. The molecule has 0 bridgehead atoms. The maximum atomic E-state index is 12.4. The number of carbonyl (C=O) groups excluding carboxylic acids is 1. The third-order valence-corrected chi connectivity index (χ3v) is 4.90. The molecule has 1 N–H and O–H groups in total. The maximum Gasteiger partial charge on any atom is 0.244 e. The topological polar surface area (TPSA) is 69.0 Å². The van der Waals surface area contributed by atoms with Crippen LogP contribution >= 0.6 is 0 Å². The average molecular weight is 374 g/mol. The van der Waals surface area contributed by atoms with E-state index >= 15 is 0 Å². The monoisotopic (exact) mass is 374 g/mol. The molecule has 0 fully saturated rings. The number of hydrogen-bond acceptors (Lipinski definition) is 4. The van der Waals surface area contributed by atoms with Crippen molar-refractivity contribution in [2.75, 3.05) is 7.11 Å². The van der Waals surface area contributed by atoms with Gasteiger partial charge in [0.25, 0.3) is 0 Å². The van der Waals surface area contributed by atoms with Crippen LogP contribution in [-0.2, 0) is 11.2 Å². The Balaban J connectivity index is 1.46. The quantitative estimate of drug-likeness (QED) is 0.695. The Hall–Kier alpha value is -3.41. The molecule has 1 unspecified atom stereocenters. The van der Waals surface area contributed by atoms with Crippen LogP contribution in [0.2, 0.25) is 0 Å². The Morgan fingerprint density at radius 1 is 1.29 bits per heavy atom. The van der Waals surface area contributed by atoms with Gasteiger partial charge < -0.3 is 14.6 Å². The third kappa shape index (κ3) is 3.67. The zero-order valence-corrected chi connectivity index (χ0v) is 15.9. The van der Waals surface area contributed by atoms with E-state index in [0.29, 0.717) is 11.6 Å². The second-order valence-corrected chi connectivity index (χ2v) is 6.82. The number of amides is 1. The zero-order chi connectivity index (χ0) is 19.5. The number of ether oxygens (including phenoxy) is 1. The second kappa shape index (κ2) is 7.68. The van der Waals surface area contributed by atoms with Gasteiger partial charge in [0.05, 0.1) is 30.9 Å². The van der Waals surface area contributed by atoms with Crippen LogP contribution in [0.15, 0.2) is 55.0 Å². The van der Waals surface area contributed by atoms with E-state index in [9.17, 15) is 4.79 Å². The molecule has 0 spiro atoms. The Labute approximate surface area is 163 Å². The van der Waals surface area contributed by atoms with E-state index in [-0.39, 0.29) is 11.9 Å². The van der Waals surface area contributed by atoms with Gasteiger partial charge in [0, 0.05) is 12.3 Å². The third-order valence-electron chi connectivity index (χ3n) is 4.90. The number of nitrogens with one attached hydrogen (secondary N) is 1. The standard InChI is InChI=1S/C22H22N4O2/c1-15-13-26(14-23-15)20-11-8-17(24-22(20)28-2)9-12-21(27)25-19-10-7-16-5-3-4-6-18(16)19/h3-6,8-9,11-14,19H,7,10H2,1-2H3,(H,25,27). The van der Waals surface area contributed by atoms with Crippen LogP contribution in [0.25, 0.3) is 11.8 Å². The van der Waals surface area contributed by atoms with Crippen molar-refractivity contribution in [3.8, 4) is 11.6 Å². The van der Waals surface area contributed by atoms with Gasteiger partial charge in [-0.15, -0.1) is 0 Å². The van der Waals surface area contributed by atoms with Gasteiger partial charge in [-0.05, 0) is 49.1 Å².